The maximum Gasteiger partial charge on any atom is 0.490 e. The molecule has 0 aromatic carbocycles. The highest BCUT2D eigenvalue weighted by atomic mass is 32.1. The number of hydrogen-bond donors (Lipinski definition) is 1. The second-order valence-corrected chi connectivity index (χ2v) is 8.96. The van der Waals surface area contributed by atoms with Crippen molar-refractivity contribution >= 4 is 22.4 Å². The second-order valence-electron chi connectivity index (χ2n) is 7.80. The van der Waals surface area contributed by atoms with Crippen molar-refractivity contribution in [1.29, 1.82) is 0 Å². The van der Waals surface area contributed by atoms with Gasteiger partial charge in [-0.25, -0.2) is 4.79 Å². The molecule has 4 heterocycles. The number of rotatable bonds is 4. The topological polar surface area (TPSA) is 94.0 Å². The van der Waals surface area contributed by atoms with E-state index in [0.29, 0.717) is 12.0 Å². The molecule has 0 amide bonds. The Kier molecular flexibility index (Phi) is 7.53. The van der Waals surface area contributed by atoms with E-state index >= 15 is 0 Å². The number of halogens is 3. The monoisotopic (exact) mass is 453 g/mol. The maximum atomic E-state index is 10.6. The molecule has 4 rings (SSSR count). The van der Waals surface area contributed by atoms with Crippen LogP contribution in [0.25, 0.3) is 0 Å². The van der Waals surface area contributed by atoms with Crippen molar-refractivity contribution in [3.63, 3.8) is 0 Å². The number of nitrogens with zero attached hydrogens (tertiary/aromatic N) is 3. The molecule has 1 atom stereocenters. The third-order valence-corrected chi connectivity index (χ3v) is 6.24. The quantitative estimate of drug-likeness (QED) is 0.744. The molecule has 1 spiro atoms. The summed E-state index contributed by atoms with van der Waals surface area (Å²) in [5.74, 6) is -2.09. The van der Waals surface area contributed by atoms with Crippen molar-refractivity contribution in [3.05, 3.63) is 5.01 Å². The van der Waals surface area contributed by atoms with E-state index in [-0.39, 0.29) is 5.60 Å². The fraction of sp³-hybridized carbons (Fsp3) is 0.833. The third-order valence-electron chi connectivity index (χ3n) is 5.34. The number of alkyl halides is 3. The number of aromatic nitrogens is 2. The predicted molar refractivity (Wildman–Crippen MR) is 102 cm³/mol. The van der Waals surface area contributed by atoms with Gasteiger partial charge in [-0.2, -0.15) is 13.2 Å². The average molecular weight is 453 g/mol. The van der Waals surface area contributed by atoms with E-state index in [2.05, 4.69) is 15.1 Å². The summed E-state index contributed by atoms with van der Waals surface area (Å²) in [6.45, 7) is 7.29. The van der Waals surface area contributed by atoms with E-state index in [0.717, 1.165) is 75.3 Å². The molecule has 3 aliphatic rings. The lowest BCUT2D eigenvalue weighted by Crippen LogP contribution is -2.66. The van der Waals surface area contributed by atoms with Gasteiger partial charge in [0, 0.05) is 32.8 Å². The highest BCUT2D eigenvalue weighted by Crippen LogP contribution is 2.38. The van der Waals surface area contributed by atoms with Gasteiger partial charge in [0.25, 0.3) is 0 Å². The molecular weight excluding hydrogens is 427 g/mol. The molecule has 1 N–H and O–H groups in total. The molecule has 0 aliphatic carbocycles. The van der Waals surface area contributed by atoms with Gasteiger partial charge in [-0.05, 0) is 32.1 Å². The lowest BCUT2D eigenvalue weighted by atomic mass is 9.85. The van der Waals surface area contributed by atoms with Gasteiger partial charge in [0.2, 0.25) is 5.13 Å². The predicted octanol–water partition coefficient (Wildman–Crippen LogP) is 2.66. The summed E-state index contributed by atoms with van der Waals surface area (Å²) >= 11 is 1.65. The number of anilines is 1. The number of aryl methyl sites for hydroxylation is 1. The van der Waals surface area contributed by atoms with Crippen LogP contribution < -0.4 is 4.90 Å². The van der Waals surface area contributed by atoms with Gasteiger partial charge in [-0.3, -0.25) is 0 Å². The standard InChI is InChI=1S/C16H25N3O3S.C2HF3O2/c1-12-17-18-15(23-12)19-10-16(11-19)8-14(4-7-22-16)21-9-13-2-5-20-6-3-13;3-2(4,5)1(6)7/h13-14H,2-11H2,1H3;(H,6,7). The highest BCUT2D eigenvalue weighted by molar-refractivity contribution is 7.15. The lowest BCUT2D eigenvalue weighted by Gasteiger charge is -2.52. The summed E-state index contributed by atoms with van der Waals surface area (Å²) < 4.78 is 49.5. The zero-order chi connectivity index (χ0) is 21.8. The molecule has 170 valence electrons. The first-order valence-electron chi connectivity index (χ1n) is 9.85. The average Bonchev–Trinajstić information content (AvgIpc) is 3.11. The van der Waals surface area contributed by atoms with Gasteiger partial charge in [0.05, 0.1) is 19.2 Å². The van der Waals surface area contributed by atoms with Crippen LogP contribution in [0.4, 0.5) is 18.3 Å². The summed E-state index contributed by atoms with van der Waals surface area (Å²) in [4.78, 5) is 11.2. The Balaban J connectivity index is 0.000000318. The number of aliphatic carboxylic acids is 1. The van der Waals surface area contributed by atoms with Crippen LogP contribution in [-0.2, 0) is 19.0 Å². The number of carbonyl (C=O) groups is 1. The second kappa shape index (κ2) is 9.75. The van der Waals surface area contributed by atoms with Crippen LogP contribution in [0, 0.1) is 12.8 Å². The molecule has 3 aliphatic heterocycles. The molecule has 0 bridgehead atoms. The molecule has 12 heteroatoms. The number of carboxylic acid groups (broad SMARTS) is 1. The van der Waals surface area contributed by atoms with E-state index in [4.69, 9.17) is 24.1 Å². The normalized spacial score (nSPS) is 24.1. The minimum atomic E-state index is -5.08. The number of ether oxygens (including phenoxy) is 3. The summed E-state index contributed by atoms with van der Waals surface area (Å²) in [5.41, 5.74) is -0.0296. The van der Waals surface area contributed by atoms with E-state index in [1.807, 2.05) is 6.92 Å². The zero-order valence-electron chi connectivity index (χ0n) is 16.7. The van der Waals surface area contributed by atoms with Crippen LogP contribution in [0.2, 0.25) is 0 Å². The Labute approximate surface area is 176 Å². The largest absolute Gasteiger partial charge is 0.490 e. The molecule has 8 nitrogen and oxygen atoms in total. The Morgan fingerprint density at radius 1 is 1.27 bits per heavy atom. The van der Waals surface area contributed by atoms with Crippen LogP contribution >= 0.6 is 11.3 Å². The summed E-state index contributed by atoms with van der Waals surface area (Å²) in [7, 11) is 0. The van der Waals surface area contributed by atoms with Gasteiger partial charge in [0.15, 0.2) is 0 Å². The van der Waals surface area contributed by atoms with Crippen LogP contribution in [0.1, 0.15) is 30.7 Å². The number of carboxylic acids is 1. The lowest BCUT2D eigenvalue weighted by molar-refractivity contribution is -0.192. The minimum Gasteiger partial charge on any atom is -0.475 e. The molecule has 0 saturated carbocycles. The number of hydrogen-bond acceptors (Lipinski definition) is 8. The fourth-order valence-electron chi connectivity index (χ4n) is 3.73. The van der Waals surface area contributed by atoms with Crippen LogP contribution in [0.15, 0.2) is 0 Å². The van der Waals surface area contributed by atoms with E-state index in [1.165, 1.54) is 0 Å². The van der Waals surface area contributed by atoms with Crippen LogP contribution in [-0.4, -0.2) is 78.7 Å². The maximum absolute atomic E-state index is 10.6. The highest BCUT2D eigenvalue weighted by Gasteiger charge is 2.49. The Hall–Kier alpha value is -1.50. The Morgan fingerprint density at radius 2 is 1.93 bits per heavy atom. The van der Waals surface area contributed by atoms with Crippen molar-refractivity contribution < 1.29 is 37.3 Å². The molecule has 3 fully saturated rings. The van der Waals surface area contributed by atoms with Crippen molar-refractivity contribution in [2.45, 2.75) is 50.5 Å². The summed E-state index contributed by atoms with van der Waals surface area (Å²) in [5, 5.41) is 17.5. The molecule has 1 aromatic rings. The fourth-order valence-corrected chi connectivity index (χ4v) is 4.41. The van der Waals surface area contributed by atoms with Crippen molar-refractivity contribution in [2.75, 3.05) is 44.4 Å². The first kappa shape index (κ1) is 23.2. The van der Waals surface area contributed by atoms with Crippen molar-refractivity contribution in [2.24, 2.45) is 5.92 Å². The SMILES string of the molecule is Cc1nnc(N2CC3(CC(OCC4CCOCC4)CCO3)C2)s1.O=C(O)C(F)(F)F. The zero-order valence-corrected chi connectivity index (χ0v) is 17.5. The summed E-state index contributed by atoms with van der Waals surface area (Å²) in [6.07, 6.45) is -0.449. The molecular formula is C18H26F3N3O5S. The van der Waals surface area contributed by atoms with Crippen LogP contribution in [0.5, 0.6) is 0 Å². The van der Waals surface area contributed by atoms with Gasteiger partial charge < -0.3 is 24.2 Å². The van der Waals surface area contributed by atoms with E-state index in [1.54, 1.807) is 11.3 Å². The van der Waals surface area contributed by atoms with Gasteiger partial charge in [0.1, 0.15) is 10.6 Å². The minimum absolute atomic E-state index is 0.0296. The van der Waals surface area contributed by atoms with E-state index in [9.17, 15) is 13.2 Å². The molecule has 1 aromatic heterocycles. The van der Waals surface area contributed by atoms with Crippen LogP contribution in [0.3, 0.4) is 0 Å². The molecule has 3 saturated heterocycles. The Morgan fingerprint density at radius 3 is 2.50 bits per heavy atom. The molecule has 30 heavy (non-hydrogen) atoms. The first-order chi connectivity index (χ1) is 14.2. The van der Waals surface area contributed by atoms with Gasteiger partial charge in [-0.15, -0.1) is 10.2 Å². The Bertz CT molecular complexity index is 705. The van der Waals surface area contributed by atoms with Gasteiger partial charge >= 0.3 is 12.1 Å². The van der Waals surface area contributed by atoms with Gasteiger partial charge in [-0.1, -0.05) is 11.3 Å². The van der Waals surface area contributed by atoms with Crippen molar-refractivity contribution in [3.8, 4) is 0 Å². The van der Waals surface area contributed by atoms with E-state index < -0.39 is 12.1 Å². The third kappa shape index (κ3) is 6.25. The summed E-state index contributed by atoms with van der Waals surface area (Å²) in [6, 6.07) is 0. The first-order valence-corrected chi connectivity index (χ1v) is 10.7. The molecule has 1 unspecified atom stereocenters. The van der Waals surface area contributed by atoms with Crippen molar-refractivity contribution in [1.82, 2.24) is 10.2 Å². The molecule has 0 radical (unpaired) electrons. The smallest absolute Gasteiger partial charge is 0.475 e.